The zero-order valence-corrected chi connectivity index (χ0v) is 24.9. The van der Waals surface area contributed by atoms with Crippen molar-refractivity contribution in [3.63, 3.8) is 0 Å². The minimum atomic E-state index is -4.61. The molecule has 0 spiro atoms. The van der Waals surface area contributed by atoms with Crippen molar-refractivity contribution in [2.45, 2.75) is 23.5 Å². The molecule has 4 aromatic carbocycles. The van der Waals surface area contributed by atoms with Gasteiger partial charge in [0.05, 0.1) is 22.7 Å². The quantitative estimate of drug-likeness (QED) is 0.158. The molecule has 1 amide bonds. The Hall–Kier alpha value is -4.69. The van der Waals surface area contributed by atoms with E-state index in [-0.39, 0.29) is 52.1 Å². The van der Waals surface area contributed by atoms with Crippen molar-refractivity contribution in [3.8, 4) is 16.9 Å². The minimum Gasteiger partial charge on any atom is -0.492 e. The summed E-state index contributed by atoms with van der Waals surface area (Å²) in [6.45, 7) is -0.487. The lowest BCUT2D eigenvalue weighted by molar-refractivity contribution is -0.137. The number of anilines is 1. The summed E-state index contributed by atoms with van der Waals surface area (Å²) in [5.74, 6) is -5.50. The molecule has 0 saturated carbocycles. The molecule has 1 aliphatic heterocycles. The van der Waals surface area contributed by atoms with E-state index in [9.17, 15) is 40.0 Å². The fraction of sp³-hybridized carbons (Fsp3) is 0.161. The number of carbonyl (C=O) groups is 2. The second-order valence-corrected chi connectivity index (χ2v) is 12.3. The summed E-state index contributed by atoms with van der Waals surface area (Å²) in [6, 6.07) is 14.5. The van der Waals surface area contributed by atoms with E-state index in [1.165, 1.54) is 30.3 Å². The number of sulfonamides is 1. The van der Waals surface area contributed by atoms with Crippen LogP contribution in [0, 0.1) is 11.6 Å². The smallest absolute Gasteiger partial charge is 0.416 e. The first kappa shape index (κ1) is 32.7. The number of hydrogen-bond acceptors (Lipinski definition) is 5. The van der Waals surface area contributed by atoms with Gasteiger partial charge in [-0.25, -0.2) is 22.0 Å². The summed E-state index contributed by atoms with van der Waals surface area (Å²) < 4.78 is 102. The summed E-state index contributed by atoms with van der Waals surface area (Å²) in [7, 11) is -4.38. The number of benzene rings is 4. The number of aromatic carboxylic acids is 1. The van der Waals surface area contributed by atoms with Gasteiger partial charge in [-0.3, -0.25) is 9.10 Å². The highest BCUT2D eigenvalue weighted by molar-refractivity contribution is 7.93. The van der Waals surface area contributed by atoms with Gasteiger partial charge in [0.2, 0.25) is 5.91 Å². The molecule has 5 rings (SSSR count). The third kappa shape index (κ3) is 6.49. The van der Waals surface area contributed by atoms with Crippen LogP contribution in [0.25, 0.3) is 11.1 Å². The Morgan fingerprint density at radius 1 is 0.978 bits per heavy atom. The lowest BCUT2D eigenvalue weighted by Gasteiger charge is -2.26. The van der Waals surface area contributed by atoms with E-state index in [4.69, 9.17) is 21.4 Å². The maximum absolute atomic E-state index is 13.9. The molecule has 0 fully saturated rings. The van der Waals surface area contributed by atoms with Gasteiger partial charge in [-0.05, 0) is 47.5 Å². The van der Waals surface area contributed by atoms with E-state index in [1.54, 1.807) is 18.2 Å². The first-order valence-corrected chi connectivity index (χ1v) is 15.2. The van der Waals surface area contributed by atoms with Crippen LogP contribution < -0.4 is 14.4 Å². The number of nitrogens with zero attached hydrogens (tertiary/aromatic N) is 1. The highest BCUT2D eigenvalue weighted by Gasteiger charge is 2.42. The van der Waals surface area contributed by atoms with Crippen molar-refractivity contribution in [1.29, 1.82) is 0 Å². The Bertz CT molecular complexity index is 1910. The summed E-state index contributed by atoms with van der Waals surface area (Å²) in [5, 5.41) is 11.5. The van der Waals surface area contributed by atoms with E-state index in [1.807, 2.05) is 0 Å². The number of halogens is 6. The number of amides is 1. The predicted molar refractivity (Wildman–Crippen MR) is 157 cm³/mol. The molecular weight excluding hydrogens is 659 g/mol. The van der Waals surface area contributed by atoms with Gasteiger partial charge in [-0.15, -0.1) is 0 Å². The molecule has 15 heteroatoms. The maximum atomic E-state index is 13.9. The number of alkyl halides is 3. The van der Waals surface area contributed by atoms with Gasteiger partial charge in [0.1, 0.15) is 35.6 Å². The van der Waals surface area contributed by atoms with Gasteiger partial charge in [0.15, 0.2) is 0 Å². The first-order chi connectivity index (χ1) is 21.7. The number of ether oxygens (including phenoxy) is 1. The number of nitrogens with one attached hydrogen (secondary N) is 1. The van der Waals surface area contributed by atoms with Crippen LogP contribution in [-0.4, -0.2) is 44.6 Å². The van der Waals surface area contributed by atoms with Crippen LogP contribution in [-0.2, 0) is 27.4 Å². The van der Waals surface area contributed by atoms with Gasteiger partial charge < -0.3 is 15.2 Å². The van der Waals surface area contributed by atoms with Gasteiger partial charge in [-0.2, -0.15) is 13.2 Å². The zero-order chi connectivity index (χ0) is 33.4. The molecule has 0 radical (unpaired) electrons. The molecule has 46 heavy (non-hydrogen) atoms. The van der Waals surface area contributed by atoms with E-state index in [0.29, 0.717) is 17.7 Å². The molecule has 0 aromatic heterocycles. The number of carboxylic acid groups (broad SMARTS) is 1. The molecule has 0 unspecified atom stereocenters. The Kier molecular flexibility index (Phi) is 8.96. The van der Waals surface area contributed by atoms with Gasteiger partial charge in [0, 0.05) is 29.1 Å². The monoisotopic (exact) mass is 680 g/mol. The number of para-hydroxylation sites is 1. The normalized spacial score (nSPS) is 14.6. The molecule has 8 nitrogen and oxygen atoms in total. The van der Waals surface area contributed by atoms with Crippen LogP contribution in [0.5, 0.6) is 5.75 Å². The topological polar surface area (TPSA) is 113 Å². The number of fused-ring (bicyclic) bond motifs is 1. The van der Waals surface area contributed by atoms with Crippen LogP contribution in [0.4, 0.5) is 27.6 Å². The van der Waals surface area contributed by atoms with Crippen molar-refractivity contribution < 1.29 is 49.8 Å². The van der Waals surface area contributed by atoms with Crippen molar-refractivity contribution in [3.05, 3.63) is 112 Å². The number of carboxylic acids is 1. The second-order valence-electron chi connectivity index (χ2n) is 10.1. The SMILES string of the molecule is O=C(O)c1c(F)cc(OCCNC(=O)[C@@H]2Cc3ccccc3N2S(=O)(=O)c2ccc(-c3cc(C(F)(F)F)ccc3Cl)cc2)cc1F. The molecule has 4 aromatic rings. The Morgan fingerprint density at radius 3 is 2.26 bits per heavy atom. The van der Waals surface area contributed by atoms with Gasteiger partial charge >= 0.3 is 12.1 Å². The summed E-state index contributed by atoms with van der Waals surface area (Å²) in [6.07, 6.45) is -4.59. The molecule has 0 saturated heterocycles. The van der Waals surface area contributed by atoms with Crippen molar-refractivity contribution in [1.82, 2.24) is 5.32 Å². The van der Waals surface area contributed by atoms with Gasteiger partial charge in [0.25, 0.3) is 10.0 Å². The zero-order valence-electron chi connectivity index (χ0n) is 23.3. The molecule has 2 N–H and O–H groups in total. The van der Waals surface area contributed by atoms with Crippen LogP contribution in [0.3, 0.4) is 0 Å². The van der Waals surface area contributed by atoms with E-state index >= 15 is 0 Å². The fourth-order valence-electron chi connectivity index (χ4n) is 5.00. The van der Waals surface area contributed by atoms with Crippen LogP contribution >= 0.6 is 11.6 Å². The van der Waals surface area contributed by atoms with Crippen molar-refractivity contribution >= 4 is 39.2 Å². The lowest BCUT2D eigenvalue weighted by atomic mass is 10.0. The maximum Gasteiger partial charge on any atom is 0.416 e. The minimum absolute atomic E-state index is 0.0209. The molecular formula is C31H22ClF5N2O6S. The van der Waals surface area contributed by atoms with E-state index in [0.717, 1.165) is 22.5 Å². The molecule has 1 atom stereocenters. The molecule has 1 aliphatic rings. The standard InChI is InChI=1S/C31H22ClF5N2O6S/c32-23-10-7-19(31(35,36)37)14-22(23)17-5-8-21(9-6-17)46(43,44)39-26-4-2-1-3-18(26)13-27(39)29(40)38-11-12-45-20-15-24(33)28(30(41)42)25(34)16-20/h1-10,14-16,27H,11-13H2,(H,38,40)(H,41,42)/t27-/m0/s1. The van der Waals surface area contributed by atoms with E-state index in [2.05, 4.69) is 5.32 Å². The average molecular weight is 681 g/mol. The molecule has 0 aliphatic carbocycles. The number of rotatable bonds is 9. The summed E-state index contributed by atoms with van der Waals surface area (Å²) >= 11 is 6.14. The van der Waals surface area contributed by atoms with Crippen LogP contribution in [0.15, 0.2) is 83.8 Å². The summed E-state index contributed by atoms with van der Waals surface area (Å²) in [4.78, 5) is 24.0. The van der Waals surface area contributed by atoms with Crippen molar-refractivity contribution in [2.75, 3.05) is 17.5 Å². The fourth-order valence-corrected chi connectivity index (χ4v) is 6.87. The van der Waals surface area contributed by atoms with Gasteiger partial charge in [-0.1, -0.05) is 41.9 Å². The summed E-state index contributed by atoms with van der Waals surface area (Å²) in [5.41, 5.74) is -0.949. The third-order valence-corrected chi connectivity index (χ3v) is 9.31. The largest absolute Gasteiger partial charge is 0.492 e. The Labute approximate surface area is 264 Å². The molecule has 1 heterocycles. The Balaban J connectivity index is 1.34. The molecule has 0 bridgehead atoms. The number of hydrogen-bond donors (Lipinski definition) is 2. The van der Waals surface area contributed by atoms with Crippen molar-refractivity contribution in [2.24, 2.45) is 0 Å². The van der Waals surface area contributed by atoms with Crippen LogP contribution in [0.1, 0.15) is 21.5 Å². The Morgan fingerprint density at radius 2 is 1.63 bits per heavy atom. The molecule has 240 valence electrons. The van der Waals surface area contributed by atoms with Crippen LogP contribution in [0.2, 0.25) is 5.02 Å². The van der Waals surface area contributed by atoms with E-state index < -0.39 is 56.9 Å². The highest BCUT2D eigenvalue weighted by atomic mass is 35.5. The highest BCUT2D eigenvalue weighted by Crippen LogP contribution is 2.39. The average Bonchev–Trinajstić information content (AvgIpc) is 3.39. The lowest BCUT2D eigenvalue weighted by Crippen LogP contribution is -2.48. The first-order valence-electron chi connectivity index (χ1n) is 13.4. The second kappa shape index (κ2) is 12.6. The predicted octanol–water partition coefficient (Wildman–Crippen LogP) is 6.32. The third-order valence-electron chi connectivity index (χ3n) is 7.14. The number of carbonyl (C=O) groups excluding carboxylic acids is 1.